The number of benzene rings is 1. The molecule has 5 heteroatoms. The number of rotatable bonds is 11. The molecular formula is C16H27FN2OS. The lowest BCUT2D eigenvalue weighted by Crippen LogP contribution is -2.06. The average molecular weight is 314 g/mol. The van der Waals surface area contributed by atoms with Crippen molar-refractivity contribution in [3.05, 3.63) is 17.9 Å². The van der Waals surface area contributed by atoms with Gasteiger partial charge in [0.25, 0.3) is 0 Å². The Labute approximate surface area is 131 Å². The van der Waals surface area contributed by atoms with Gasteiger partial charge in [-0.1, -0.05) is 19.8 Å². The van der Waals surface area contributed by atoms with E-state index in [9.17, 15) is 4.39 Å². The molecule has 0 fully saturated rings. The number of unbranched alkanes of at least 4 members (excludes halogenated alkanes) is 3. The zero-order chi connectivity index (χ0) is 15.5. The van der Waals surface area contributed by atoms with Gasteiger partial charge in [0, 0.05) is 18.7 Å². The minimum absolute atomic E-state index is 0.272. The lowest BCUT2D eigenvalue weighted by atomic mass is 10.2. The smallest absolute Gasteiger partial charge is 0.167 e. The summed E-state index contributed by atoms with van der Waals surface area (Å²) < 4.78 is 19.1. The molecule has 0 aliphatic carbocycles. The molecular weight excluding hydrogens is 287 g/mol. The van der Waals surface area contributed by atoms with Crippen molar-refractivity contribution in [3.63, 3.8) is 0 Å². The predicted octanol–water partition coefficient (Wildman–Crippen LogP) is 4.53. The molecule has 120 valence electrons. The van der Waals surface area contributed by atoms with Crippen LogP contribution in [-0.4, -0.2) is 25.2 Å². The number of nitrogen functional groups attached to an aromatic ring is 1. The van der Waals surface area contributed by atoms with Crippen molar-refractivity contribution < 1.29 is 9.13 Å². The molecule has 21 heavy (non-hydrogen) atoms. The van der Waals surface area contributed by atoms with Crippen molar-refractivity contribution in [2.75, 3.05) is 36.2 Å². The predicted molar refractivity (Wildman–Crippen MR) is 91.9 cm³/mol. The monoisotopic (exact) mass is 314 g/mol. The van der Waals surface area contributed by atoms with E-state index in [1.807, 2.05) is 18.7 Å². The van der Waals surface area contributed by atoms with Gasteiger partial charge in [-0.3, -0.25) is 0 Å². The first kappa shape index (κ1) is 18.0. The van der Waals surface area contributed by atoms with Crippen LogP contribution in [0.5, 0.6) is 5.75 Å². The van der Waals surface area contributed by atoms with Crippen LogP contribution in [0.2, 0.25) is 0 Å². The molecule has 3 N–H and O–H groups in total. The third kappa shape index (κ3) is 6.93. The molecule has 0 atom stereocenters. The maximum absolute atomic E-state index is 13.7. The van der Waals surface area contributed by atoms with Gasteiger partial charge in [-0.05, 0) is 31.3 Å². The Morgan fingerprint density at radius 2 is 2.00 bits per heavy atom. The largest absolute Gasteiger partial charge is 0.490 e. The molecule has 0 bridgehead atoms. The highest BCUT2D eigenvalue weighted by Gasteiger charge is 2.08. The Balaban J connectivity index is 2.39. The summed E-state index contributed by atoms with van der Waals surface area (Å²) >= 11 is 1.89. The average Bonchev–Trinajstić information content (AvgIpc) is 2.47. The summed E-state index contributed by atoms with van der Waals surface area (Å²) in [5.74, 6) is 1.10. The molecule has 0 aromatic heterocycles. The van der Waals surface area contributed by atoms with Gasteiger partial charge in [-0.15, -0.1) is 0 Å². The number of ether oxygens (including phenoxy) is 1. The number of hydrogen-bond acceptors (Lipinski definition) is 4. The molecule has 1 rings (SSSR count). The van der Waals surface area contributed by atoms with E-state index in [2.05, 4.69) is 11.6 Å². The zero-order valence-corrected chi connectivity index (χ0v) is 13.9. The van der Waals surface area contributed by atoms with Crippen molar-refractivity contribution in [1.82, 2.24) is 0 Å². The number of nitrogens with one attached hydrogen (secondary N) is 1. The summed E-state index contributed by atoms with van der Waals surface area (Å²) in [4.78, 5) is 0. The third-order valence-electron chi connectivity index (χ3n) is 3.16. The quantitative estimate of drug-likeness (QED) is 0.465. The van der Waals surface area contributed by atoms with Crippen LogP contribution in [0.4, 0.5) is 15.8 Å². The Morgan fingerprint density at radius 3 is 2.71 bits per heavy atom. The van der Waals surface area contributed by atoms with Gasteiger partial charge in [-0.25, -0.2) is 4.39 Å². The molecule has 1 aromatic rings. The van der Waals surface area contributed by atoms with Gasteiger partial charge in [0.05, 0.1) is 18.0 Å². The van der Waals surface area contributed by atoms with Crippen LogP contribution in [-0.2, 0) is 0 Å². The first-order valence-electron chi connectivity index (χ1n) is 7.63. The van der Waals surface area contributed by atoms with Crippen LogP contribution < -0.4 is 15.8 Å². The number of halogens is 1. The lowest BCUT2D eigenvalue weighted by Gasteiger charge is -2.13. The van der Waals surface area contributed by atoms with Crippen LogP contribution >= 0.6 is 11.8 Å². The molecule has 3 nitrogen and oxygen atoms in total. The van der Waals surface area contributed by atoms with Gasteiger partial charge in [0.15, 0.2) is 11.6 Å². The molecule has 0 unspecified atom stereocenters. The SMILES string of the molecule is CCCOc1cc(NCCCCCCSC)c(N)cc1F. The minimum Gasteiger partial charge on any atom is -0.490 e. The van der Waals surface area contributed by atoms with E-state index in [0.717, 1.165) is 25.1 Å². The summed E-state index contributed by atoms with van der Waals surface area (Å²) in [5, 5.41) is 3.27. The fraction of sp³-hybridized carbons (Fsp3) is 0.625. The topological polar surface area (TPSA) is 47.3 Å². The zero-order valence-electron chi connectivity index (χ0n) is 13.1. The Bertz CT molecular complexity index is 416. The van der Waals surface area contributed by atoms with E-state index in [-0.39, 0.29) is 5.75 Å². The second kappa shape index (κ2) is 10.6. The van der Waals surface area contributed by atoms with E-state index in [4.69, 9.17) is 10.5 Å². The van der Waals surface area contributed by atoms with Gasteiger partial charge in [-0.2, -0.15) is 11.8 Å². The fourth-order valence-electron chi connectivity index (χ4n) is 1.99. The molecule has 0 heterocycles. The minimum atomic E-state index is -0.399. The third-order valence-corrected chi connectivity index (χ3v) is 3.85. The Hall–Kier alpha value is -1.10. The lowest BCUT2D eigenvalue weighted by molar-refractivity contribution is 0.301. The van der Waals surface area contributed by atoms with Crippen molar-refractivity contribution >= 4 is 23.1 Å². The number of hydrogen-bond donors (Lipinski definition) is 2. The van der Waals surface area contributed by atoms with Crippen LogP contribution in [0.1, 0.15) is 39.0 Å². The van der Waals surface area contributed by atoms with Crippen molar-refractivity contribution in [3.8, 4) is 5.75 Å². The Kier molecular flexibility index (Phi) is 9.06. The van der Waals surface area contributed by atoms with Gasteiger partial charge in [0.2, 0.25) is 0 Å². The van der Waals surface area contributed by atoms with E-state index in [1.165, 1.54) is 31.1 Å². The summed E-state index contributed by atoms with van der Waals surface area (Å²) in [7, 11) is 0. The normalized spacial score (nSPS) is 10.6. The molecule has 0 aliphatic heterocycles. The number of anilines is 2. The van der Waals surface area contributed by atoms with Crippen LogP contribution in [0.15, 0.2) is 12.1 Å². The van der Waals surface area contributed by atoms with Crippen molar-refractivity contribution in [2.24, 2.45) is 0 Å². The second-order valence-electron chi connectivity index (χ2n) is 5.05. The van der Waals surface area contributed by atoms with Gasteiger partial charge >= 0.3 is 0 Å². The Morgan fingerprint density at radius 1 is 1.24 bits per heavy atom. The molecule has 0 amide bonds. The first-order chi connectivity index (χ1) is 10.2. The molecule has 0 saturated carbocycles. The van der Waals surface area contributed by atoms with Gasteiger partial charge in [0.1, 0.15) is 0 Å². The first-order valence-corrected chi connectivity index (χ1v) is 9.03. The number of thioether (sulfide) groups is 1. The second-order valence-corrected chi connectivity index (χ2v) is 6.04. The van der Waals surface area contributed by atoms with E-state index in [1.54, 1.807) is 6.07 Å². The van der Waals surface area contributed by atoms with Gasteiger partial charge < -0.3 is 15.8 Å². The molecule has 1 aromatic carbocycles. The molecule has 0 aliphatic rings. The highest BCUT2D eigenvalue weighted by atomic mass is 32.2. The fourth-order valence-corrected chi connectivity index (χ4v) is 2.49. The highest BCUT2D eigenvalue weighted by Crippen LogP contribution is 2.28. The van der Waals surface area contributed by atoms with Crippen LogP contribution in [0.3, 0.4) is 0 Å². The summed E-state index contributed by atoms with van der Waals surface area (Å²) in [6, 6.07) is 2.99. The summed E-state index contributed by atoms with van der Waals surface area (Å²) in [5.41, 5.74) is 7.02. The highest BCUT2D eigenvalue weighted by molar-refractivity contribution is 7.98. The molecule has 0 spiro atoms. The summed E-state index contributed by atoms with van der Waals surface area (Å²) in [6.07, 6.45) is 7.81. The summed E-state index contributed by atoms with van der Waals surface area (Å²) in [6.45, 7) is 3.35. The number of nitrogens with two attached hydrogens (primary N) is 1. The van der Waals surface area contributed by atoms with E-state index in [0.29, 0.717) is 12.3 Å². The van der Waals surface area contributed by atoms with Crippen LogP contribution in [0.25, 0.3) is 0 Å². The molecule has 0 radical (unpaired) electrons. The molecule has 0 saturated heterocycles. The van der Waals surface area contributed by atoms with E-state index < -0.39 is 5.82 Å². The maximum Gasteiger partial charge on any atom is 0.167 e. The maximum atomic E-state index is 13.7. The van der Waals surface area contributed by atoms with Crippen molar-refractivity contribution in [2.45, 2.75) is 39.0 Å². The standard InChI is InChI=1S/C16H27FN2OS/c1-3-9-20-16-12-15(14(18)11-13(16)17)19-8-6-4-5-7-10-21-2/h11-12,19H,3-10,18H2,1-2H3. The van der Waals surface area contributed by atoms with Crippen LogP contribution in [0, 0.1) is 5.82 Å². The van der Waals surface area contributed by atoms with Crippen molar-refractivity contribution in [1.29, 1.82) is 0 Å². The van der Waals surface area contributed by atoms with E-state index >= 15 is 0 Å².